The molecule has 3 rings (SSSR count). The molecule has 2 heterocycles. The second-order valence-corrected chi connectivity index (χ2v) is 6.98. The number of hydrogen-bond donors (Lipinski definition) is 1. The average molecular weight is 362 g/mol. The molecule has 0 atom stereocenters. The molecule has 0 saturated carbocycles. The average Bonchev–Trinajstić information content (AvgIpc) is 2.70. The smallest absolute Gasteiger partial charge is 0.243 e. The zero-order valence-electron chi connectivity index (χ0n) is 15.1. The van der Waals surface area contributed by atoms with Gasteiger partial charge in [0.2, 0.25) is 5.91 Å². The molecule has 0 radical (unpaired) electrons. The number of amides is 1. The van der Waals surface area contributed by atoms with E-state index in [-0.39, 0.29) is 12.5 Å². The first-order valence-electron chi connectivity index (χ1n) is 8.42. The molecule has 1 aliphatic heterocycles. The molecule has 2 aromatic rings. The summed E-state index contributed by atoms with van der Waals surface area (Å²) >= 11 is 6.20. The molecule has 0 bridgehead atoms. The maximum absolute atomic E-state index is 12.6. The van der Waals surface area contributed by atoms with Gasteiger partial charge in [-0.2, -0.15) is 5.10 Å². The number of nitrogens with one attached hydrogen (secondary N) is 1. The number of halogens is 1. The minimum Gasteiger partial charge on any atom is -0.373 e. The largest absolute Gasteiger partial charge is 0.373 e. The number of anilines is 3. The van der Waals surface area contributed by atoms with Gasteiger partial charge in [0.05, 0.1) is 35.0 Å². The van der Waals surface area contributed by atoms with E-state index in [2.05, 4.69) is 27.3 Å². The minimum absolute atomic E-state index is 0.0466. The molecule has 0 saturated heterocycles. The molecular formula is C18H24ClN5O. The second-order valence-electron chi connectivity index (χ2n) is 6.55. The number of aromatic nitrogens is 2. The van der Waals surface area contributed by atoms with Crippen LogP contribution in [0.3, 0.4) is 0 Å². The summed E-state index contributed by atoms with van der Waals surface area (Å²) in [6, 6.07) is 5.85. The van der Waals surface area contributed by atoms with Gasteiger partial charge in [0, 0.05) is 32.2 Å². The van der Waals surface area contributed by atoms with Crippen LogP contribution in [0.15, 0.2) is 18.2 Å². The standard InChI is InChI=1S/C18H24ClN5O/c1-12-18(13(2)23(4)21-12)20-17(25)11-24-9-5-8-22(3)15-7-6-14(19)10-16(15)24/h6-7,10H,5,8-9,11H2,1-4H3,(H,20,25). The molecule has 7 heteroatoms. The summed E-state index contributed by atoms with van der Waals surface area (Å²) in [6.45, 7) is 5.91. The highest BCUT2D eigenvalue weighted by atomic mass is 35.5. The fourth-order valence-electron chi connectivity index (χ4n) is 3.28. The van der Waals surface area contributed by atoms with E-state index in [1.54, 1.807) is 4.68 Å². The van der Waals surface area contributed by atoms with E-state index >= 15 is 0 Å². The van der Waals surface area contributed by atoms with Gasteiger partial charge in [-0.1, -0.05) is 11.6 Å². The molecule has 1 aromatic heterocycles. The van der Waals surface area contributed by atoms with Crippen molar-refractivity contribution in [2.45, 2.75) is 20.3 Å². The molecule has 0 spiro atoms. The number of carbonyl (C=O) groups excluding carboxylic acids is 1. The van der Waals surface area contributed by atoms with Crippen LogP contribution in [0, 0.1) is 13.8 Å². The van der Waals surface area contributed by atoms with Gasteiger partial charge >= 0.3 is 0 Å². The van der Waals surface area contributed by atoms with Gasteiger partial charge in [-0.25, -0.2) is 0 Å². The van der Waals surface area contributed by atoms with E-state index in [4.69, 9.17) is 11.6 Å². The number of fused-ring (bicyclic) bond motifs is 1. The molecule has 1 amide bonds. The molecule has 25 heavy (non-hydrogen) atoms. The van der Waals surface area contributed by atoms with E-state index in [0.717, 1.165) is 48.0 Å². The van der Waals surface area contributed by atoms with Crippen LogP contribution < -0.4 is 15.1 Å². The summed E-state index contributed by atoms with van der Waals surface area (Å²) in [5, 5.41) is 8.04. The predicted molar refractivity (Wildman–Crippen MR) is 103 cm³/mol. The van der Waals surface area contributed by atoms with Crippen molar-refractivity contribution in [1.82, 2.24) is 9.78 Å². The van der Waals surface area contributed by atoms with Gasteiger partial charge in [0.25, 0.3) is 0 Å². The number of aryl methyl sites for hydroxylation is 2. The summed E-state index contributed by atoms with van der Waals surface area (Å²) in [7, 11) is 3.94. The molecule has 1 aliphatic rings. The lowest BCUT2D eigenvalue weighted by atomic mass is 10.2. The SMILES string of the molecule is Cc1nn(C)c(C)c1NC(=O)CN1CCCN(C)c2ccc(Cl)cc21. The zero-order valence-corrected chi connectivity index (χ0v) is 15.9. The van der Waals surface area contributed by atoms with Crippen LogP contribution >= 0.6 is 11.6 Å². The molecule has 6 nitrogen and oxygen atoms in total. The van der Waals surface area contributed by atoms with Crippen LogP contribution in [0.2, 0.25) is 5.02 Å². The highest BCUT2D eigenvalue weighted by molar-refractivity contribution is 6.31. The van der Waals surface area contributed by atoms with Crippen LogP contribution in [-0.2, 0) is 11.8 Å². The van der Waals surface area contributed by atoms with Crippen molar-refractivity contribution < 1.29 is 4.79 Å². The van der Waals surface area contributed by atoms with Crippen molar-refractivity contribution in [3.8, 4) is 0 Å². The Morgan fingerprint density at radius 3 is 2.68 bits per heavy atom. The van der Waals surface area contributed by atoms with Crippen molar-refractivity contribution in [1.29, 1.82) is 0 Å². The lowest BCUT2D eigenvalue weighted by Gasteiger charge is -2.25. The van der Waals surface area contributed by atoms with Crippen LogP contribution in [0.5, 0.6) is 0 Å². The van der Waals surface area contributed by atoms with E-state index in [0.29, 0.717) is 5.02 Å². The summed E-state index contributed by atoms with van der Waals surface area (Å²) < 4.78 is 1.78. The van der Waals surface area contributed by atoms with E-state index in [1.165, 1.54) is 0 Å². The number of rotatable bonds is 3. The van der Waals surface area contributed by atoms with Crippen molar-refractivity contribution >= 4 is 34.6 Å². The minimum atomic E-state index is -0.0466. The third kappa shape index (κ3) is 3.58. The Labute approximate surface area is 153 Å². The van der Waals surface area contributed by atoms with Gasteiger partial charge in [-0.3, -0.25) is 9.48 Å². The lowest BCUT2D eigenvalue weighted by Crippen LogP contribution is -2.34. The van der Waals surface area contributed by atoms with Crippen LogP contribution in [-0.4, -0.2) is 42.4 Å². The number of benzene rings is 1. The van der Waals surface area contributed by atoms with Crippen LogP contribution in [0.4, 0.5) is 17.1 Å². The third-order valence-electron chi connectivity index (χ3n) is 4.72. The van der Waals surface area contributed by atoms with E-state index < -0.39 is 0 Å². The Balaban J connectivity index is 1.81. The topological polar surface area (TPSA) is 53.4 Å². The maximum Gasteiger partial charge on any atom is 0.243 e. The van der Waals surface area contributed by atoms with Gasteiger partial charge < -0.3 is 15.1 Å². The summed E-state index contributed by atoms with van der Waals surface area (Å²) in [6.07, 6.45) is 0.987. The molecule has 134 valence electrons. The Kier molecular flexibility index (Phi) is 4.90. The summed E-state index contributed by atoms with van der Waals surface area (Å²) in [5.74, 6) is -0.0466. The van der Waals surface area contributed by atoms with Crippen molar-refractivity contribution in [2.75, 3.05) is 41.8 Å². The molecule has 0 unspecified atom stereocenters. The molecular weight excluding hydrogens is 338 g/mol. The van der Waals surface area contributed by atoms with E-state index in [1.807, 2.05) is 39.1 Å². The predicted octanol–water partition coefficient (Wildman–Crippen LogP) is 2.98. The first-order valence-corrected chi connectivity index (χ1v) is 8.80. The first kappa shape index (κ1) is 17.6. The number of hydrogen-bond acceptors (Lipinski definition) is 4. The van der Waals surface area contributed by atoms with Crippen molar-refractivity contribution in [3.63, 3.8) is 0 Å². The Bertz CT molecular complexity index is 801. The molecule has 1 aromatic carbocycles. The van der Waals surface area contributed by atoms with Crippen molar-refractivity contribution in [2.24, 2.45) is 7.05 Å². The monoisotopic (exact) mass is 361 g/mol. The molecule has 0 fully saturated rings. The number of nitrogens with zero attached hydrogens (tertiary/aromatic N) is 4. The van der Waals surface area contributed by atoms with Crippen LogP contribution in [0.1, 0.15) is 17.8 Å². The fourth-order valence-corrected chi connectivity index (χ4v) is 3.45. The lowest BCUT2D eigenvalue weighted by molar-refractivity contribution is -0.115. The highest BCUT2D eigenvalue weighted by Gasteiger charge is 2.21. The third-order valence-corrected chi connectivity index (χ3v) is 4.95. The Hall–Kier alpha value is -2.21. The Morgan fingerprint density at radius 2 is 2.00 bits per heavy atom. The summed E-state index contributed by atoms with van der Waals surface area (Å²) in [4.78, 5) is 17.0. The fraction of sp³-hybridized carbons (Fsp3) is 0.444. The normalized spacial score (nSPS) is 14.3. The number of carbonyl (C=O) groups is 1. The second kappa shape index (κ2) is 6.96. The molecule has 0 aliphatic carbocycles. The first-order chi connectivity index (χ1) is 11.9. The Morgan fingerprint density at radius 1 is 1.24 bits per heavy atom. The quantitative estimate of drug-likeness (QED) is 0.913. The van der Waals surface area contributed by atoms with Crippen LogP contribution in [0.25, 0.3) is 0 Å². The maximum atomic E-state index is 12.6. The van der Waals surface area contributed by atoms with Crippen molar-refractivity contribution in [3.05, 3.63) is 34.6 Å². The van der Waals surface area contributed by atoms with Gasteiger partial charge in [-0.15, -0.1) is 0 Å². The zero-order chi connectivity index (χ0) is 18.1. The highest BCUT2D eigenvalue weighted by Crippen LogP contribution is 2.34. The van der Waals surface area contributed by atoms with E-state index in [9.17, 15) is 4.79 Å². The van der Waals surface area contributed by atoms with Gasteiger partial charge in [-0.05, 0) is 38.5 Å². The molecule has 1 N–H and O–H groups in total. The summed E-state index contributed by atoms with van der Waals surface area (Å²) in [5.41, 5.74) is 4.67. The van der Waals surface area contributed by atoms with Gasteiger partial charge in [0.15, 0.2) is 0 Å². The van der Waals surface area contributed by atoms with Gasteiger partial charge in [0.1, 0.15) is 0 Å².